The predicted molar refractivity (Wildman–Crippen MR) is 103 cm³/mol. The Hall–Kier alpha value is -1.87. The molecule has 3 rings (SSSR count). The lowest BCUT2D eigenvalue weighted by molar-refractivity contribution is 0.273. The van der Waals surface area contributed by atoms with Crippen LogP contribution in [-0.2, 0) is 6.42 Å². The smallest absolute Gasteiger partial charge is 0.0794 e. The SMILES string of the molecule is C=C/C=C(\C=C\O)C(C)CN1CC2CC(Cc3ccccn3)CC2C1. The van der Waals surface area contributed by atoms with E-state index >= 15 is 0 Å². The first-order valence-electron chi connectivity index (χ1n) is 9.45. The Bertz CT molecular complexity index is 608. The van der Waals surface area contributed by atoms with Crippen molar-refractivity contribution in [1.29, 1.82) is 0 Å². The van der Waals surface area contributed by atoms with Crippen molar-refractivity contribution in [2.24, 2.45) is 23.7 Å². The zero-order valence-electron chi connectivity index (χ0n) is 15.2. The molecule has 134 valence electrons. The van der Waals surface area contributed by atoms with Gasteiger partial charge >= 0.3 is 0 Å². The number of hydrogen-bond acceptors (Lipinski definition) is 3. The molecule has 3 unspecified atom stereocenters. The van der Waals surface area contributed by atoms with Gasteiger partial charge in [0.2, 0.25) is 0 Å². The van der Waals surface area contributed by atoms with Crippen LogP contribution in [0, 0.1) is 23.7 Å². The van der Waals surface area contributed by atoms with Gasteiger partial charge in [-0.1, -0.05) is 31.7 Å². The van der Waals surface area contributed by atoms with Crippen molar-refractivity contribution in [2.45, 2.75) is 26.2 Å². The van der Waals surface area contributed by atoms with Crippen molar-refractivity contribution in [3.63, 3.8) is 0 Å². The third kappa shape index (κ3) is 4.60. The summed E-state index contributed by atoms with van der Waals surface area (Å²) in [6.07, 6.45) is 12.4. The average molecular weight is 338 g/mol. The number of fused-ring (bicyclic) bond motifs is 1. The molecule has 1 aliphatic carbocycles. The third-order valence-electron chi connectivity index (χ3n) is 5.83. The average Bonchev–Trinajstić information content (AvgIpc) is 3.13. The first kappa shape index (κ1) is 17.9. The highest BCUT2D eigenvalue weighted by atomic mass is 16.2. The molecule has 2 fully saturated rings. The lowest BCUT2D eigenvalue weighted by atomic mass is 9.98. The van der Waals surface area contributed by atoms with E-state index < -0.39 is 0 Å². The van der Waals surface area contributed by atoms with E-state index in [1.54, 1.807) is 12.2 Å². The second-order valence-corrected chi connectivity index (χ2v) is 7.72. The minimum atomic E-state index is 0.407. The molecular formula is C22H30N2O. The summed E-state index contributed by atoms with van der Waals surface area (Å²) in [5.74, 6) is 2.91. The molecule has 25 heavy (non-hydrogen) atoms. The van der Waals surface area contributed by atoms with Gasteiger partial charge in [0.05, 0.1) is 6.26 Å². The van der Waals surface area contributed by atoms with Crippen LogP contribution in [0.4, 0.5) is 0 Å². The number of likely N-dealkylation sites (tertiary alicyclic amines) is 1. The summed E-state index contributed by atoms with van der Waals surface area (Å²) in [7, 11) is 0. The van der Waals surface area contributed by atoms with Gasteiger partial charge in [0, 0.05) is 31.5 Å². The molecule has 3 heteroatoms. The lowest BCUT2D eigenvalue weighted by Gasteiger charge is -2.23. The van der Waals surface area contributed by atoms with Crippen molar-refractivity contribution in [2.75, 3.05) is 19.6 Å². The number of aliphatic hydroxyl groups excluding tert-OH is 1. The van der Waals surface area contributed by atoms with Crippen molar-refractivity contribution in [3.8, 4) is 0 Å². The number of hydrogen-bond donors (Lipinski definition) is 1. The summed E-state index contributed by atoms with van der Waals surface area (Å²) in [4.78, 5) is 7.10. The number of aromatic nitrogens is 1. The molecule has 1 aromatic rings. The topological polar surface area (TPSA) is 36.4 Å². The monoisotopic (exact) mass is 338 g/mol. The molecule has 3 atom stereocenters. The number of rotatable bonds is 7. The summed E-state index contributed by atoms with van der Waals surface area (Å²) in [5.41, 5.74) is 2.38. The van der Waals surface area contributed by atoms with Gasteiger partial charge < -0.3 is 10.0 Å². The Balaban J connectivity index is 1.49. The van der Waals surface area contributed by atoms with Crippen LogP contribution in [0.1, 0.15) is 25.5 Å². The van der Waals surface area contributed by atoms with E-state index in [0.717, 1.165) is 42.6 Å². The summed E-state index contributed by atoms with van der Waals surface area (Å²) in [5, 5.41) is 9.08. The molecule has 1 saturated carbocycles. The van der Waals surface area contributed by atoms with Crippen LogP contribution in [0.2, 0.25) is 0 Å². The van der Waals surface area contributed by atoms with E-state index in [0.29, 0.717) is 5.92 Å². The summed E-state index contributed by atoms with van der Waals surface area (Å²) in [6, 6.07) is 6.24. The third-order valence-corrected chi connectivity index (χ3v) is 5.83. The van der Waals surface area contributed by atoms with Crippen molar-refractivity contribution >= 4 is 0 Å². The Labute approximate surface area is 151 Å². The predicted octanol–water partition coefficient (Wildman–Crippen LogP) is 4.40. The maximum absolute atomic E-state index is 9.08. The molecule has 2 heterocycles. The van der Waals surface area contributed by atoms with Crippen molar-refractivity contribution in [3.05, 3.63) is 66.7 Å². The quantitative estimate of drug-likeness (QED) is 0.591. The highest BCUT2D eigenvalue weighted by Gasteiger charge is 2.40. The molecule has 3 nitrogen and oxygen atoms in total. The number of nitrogens with zero attached hydrogens (tertiary/aromatic N) is 2. The molecule has 0 aromatic carbocycles. The summed E-state index contributed by atoms with van der Waals surface area (Å²) in [6.45, 7) is 9.50. The van der Waals surface area contributed by atoms with Gasteiger partial charge in [0.15, 0.2) is 0 Å². The van der Waals surface area contributed by atoms with Crippen LogP contribution in [0.3, 0.4) is 0 Å². The first-order chi connectivity index (χ1) is 12.2. The minimum absolute atomic E-state index is 0.407. The largest absolute Gasteiger partial charge is 0.516 e. The highest BCUT2D eigenvalue weighted by molar-refractivity contribution is 5.24. The molecule has 1 N–H and O–H groups in total. The maximum Gasteiger partial charge on any atom is 0.0794 e. The number of allylic oxidation sites excluding steroid dienone is 3. The molecule has 1 saturated heterocycles. The highest BCUT2D eigenvalue weighted by Crippen LogP contribution is 2.42. The zero-order valence-corrected chi connectivity index (χ0v) is 15.2. The van der Waals surface area contributed by atoms with E-state index in [1.807, 2.05) is 18.3 Å². The van der Waals surface area contributed by atoms with Crippen LogP contribution < -0.4 is 0 Å². The Morgan fingerprint density at radius 3 is 2.72 bits per heavy atom. The van der Waals surface area contributed by atoms with E-state index in [1.165, 1.54) is 31.6 Å². The van der Waals surface area contributed by atoms with Crippen LogP contribution in [0.25, 0.3) is 0 Å². The van der Waals surface area contributed by atoms with E-state index in [4.69, 9.17) is 5.11 Å². The molecule has 0 amide bonds. The van der Waals surface area contributed by atoms with Crippen LogP contribution in [-0.4, -0.2) is 34.6 Å². The number of aliphatic hydroxyl groups is 1. The van der Waals surface area contributed by atoms with Gasteiger partial charge in [-0.05, 0) is 66.7 Å². The second-order valence-electron chi connectivity index (χ2n) is 7.72. The molecular weight excluding hydrogens is 308 g/mol. The van der Waals surface area contributed by atoms with E-state index in [9.17, 15) is 0 Å². The van der Waals surface area contributed by atoms with Gasteiger partial charge in [-0.2, -0.15) is 0 Å². The fourth-order valence-electron chi connectivity index (χ4n) is 4.75. The molecule has 0 bridgehead atoms. The van der Waals surface area contributed by atoms with Crippen LogP contribution in [0.15, 0.2) is 61.0 Å². The molecule has 0 spiro atoms. The standard InChI is InChI=1S/C22H30N2O/c1-3-6-19(8-10-25)17(2)14-24-15-20-11-18(12-21(20)16-24)13-22-7-4-5-9-23-22/h3-10,17-18,20-21,25H,1,11-16H2,2H3/b10-8+,19-6+. The Morgan fingerprint density at radius 2 is 2.12 bits per heavy atom. The van der Waals surface area contributed by atoms with Crippen molar-refractivity contribution in [1.82, 2.24) is 9.88 Å². The molecule has 0 radical (unpaired) electrons. The van der Waals surface area contributed by atoms with Gasteiger partial charge in [0.25, 0.3) is 0 Å². The molecule has 2 aliphatic rings. The first-order valence-corrected chi connectivity index (χ1v) is 9.45. The zero-order chi connectivity index (χ0) is 17.6. The van der Waals surface area contributed by atoms with Crippen LogP contribution >= 0.6 is 0 Å². The lowest BCUT2D eigenvalue weighted by Crippen LogP contribution is -2.28. The van der Waals surface area contributed by atoms with Gasteiger partial charge in [-0.25, -0.2) is 0 Å². The molecule has 1 aromatic heterocycles. The summed E-state index contributed by atoms with van der Waals surface area (Å²) < 4.78 is 0. The minimum Gasteiger partial charge on any atom is -0.516 e. The van der Waals surface area contributed by atoms with Gasteiger partial charge in [0.1, 0.15) is 0 Å². The van der Waals surface area contributed by atoms with E-state index in [2.05, 4.69) is 35.5 Å². The summed E-state index contributed by atoms with van der Waals surface area (Å²) >= 11 is 0. The van der Waals surface area contributed by atoms with E-state index in [-0.39, 0.29) is 0 Å². The normalized spacial score (nSPS) is 28.4. The van der Waals surface area contributed by atoms with Gasteiger partial charge in [-0.15, -0.1) is 0 Å². The fraction of sp³-hybridized carbons (Fsp3) is 0.500. The van der Waals surface area contributed by atoms with Crippen molar-refractivity contribution < 1.29 is 5.11 Å². The Morgan fingerprint density at radius 1 is 1.36 bits per heavy atom. The fourth-order valence-corrected chi connectivity index (χ4v) is 4.75. The Kier molecular flexibility index (Phi) is 6.09. The number of pyridine rings is 1. The van der Waals surface area contributed by atoms with Gasteiger partial charge in [-0.3, -0.25) is 4.98 Å². The second kappa shape index (κ2) is 8.48. The van der Waals surface area contributed by atoms with Crippen LogP contribution in [0.5, 0.6) is 0 Å². The molecule has 1 aliphatic heterocycles. The maximum atomic E-state index is 9.08.